The van der Waals surface area contributed by atoms with Crippen molar-refractivity contribution >= 4 is 5.97 Å². The van der Waals surface area contributed by atoms with Crippen molar-refractivity contribution in [2.75, 3.05) is 20.7 Å². The predicted octanol–water partition coefficient (Wildman–Crippen LogP) is 5.04. The molecular formula is C18H39NO2. The molecule has 0 aromatic carbocycles. The number of ether oxygens (including phenoxy) is 1. The predicted molar refractivity (Wildman–Crippen MR) is 92.7 cm³/mol. The smallest absolute Gasteiger partial charge is 0.323 e. The molecule has 0 bridgehead atoms. The van der Waals surface area contributed by atoms with E-state index in [2.05, 4.69) is 6.92 Å². The normalized spacial score (nSPS) is 12.0. The van der Waals surface area contributed by atoms with Crippen LogP contribution >= 0.6 is 0 Å². The van der Waals surface area contributed by atoms with Crippen molar-refractivity contribution in [2.24, 2.45) is 0 Å². The Kier molecular flexibility index (Phi) is 17.1. The lowest BCUT2D eigenvalue weighted by Crippen LogP contribution is -2.34. The number of esters is 1. The van der Waals surface area contributed by atoms with E-state index in [-0.39, 0.29) is 19.4 Å². The summed E-state index contributed by atoms with van der Waals surface area (Å²) in [5.41, 5.74) is 0. The number of hydrogen-bond acceptors (Lipinski definition) is 3. The molecule has 0 rings (SSSR count). The van der Waals surface area contributed by atoms with Crippen molar-refractivity contribution in [1.29, 1.82) is 0 Å². The zero-order valence-corrected chi connectivity index (χ0v) is 14.1. The number of carbonyl (C=O) groups is 1. The van der Waals surface area contributed by atoms with E-state index < -0.39 is 0 Å². The van der Waals surface area contributed by atoms with Crippen molar-refractivity contribution in [3.63, 3.8) is 0 Å². The number of carbonyl (C=O) groups excluding carboxylic acids is 1. The first-order chi connectivity index (χ1) is 9.59. The molecule has 0 N–H and O–H groups in total. The third-order valence-electron chi connectivity index (χ3n) is 3.86. The molecule has 1 unspecified atom stereocenters. The second-order valence-corrected chi connectivity index (χ2v) is 5.99. The minimum Gasteiger partial charge on any atom is -0.465 e. The molecule has 0 heterocycles. The van der Waals surface area contributed by atoms with Crippen LogP contribution in [0.25, 0.3) is 0 Å². The van der Waals surface area contributed by atoms with Crippen molar-refractivity contribution in [3.05, 3.63) is 0 Å². The molecule has 0 aliphatic carbocycles. The lowest BCUT2D eigenvalue weighted by molar-refractivity contribution is -0.148. The molecule has 0 amide bonds. The SMILES string of the molecule is C.CCCCCCCCCCCCOC(=O)C(C)N(C)C. The Balaban J connectivity index is 0. The van der Waals surface area contributed by atoms with Gasteiger partial charge >= 0.3 is 5.97 Å². The average Bonchev–Trinajstić information content (AvgIpc) is 2.43. The highest BCUT2D eigenvalue weighted by Crippen LogP contribution is 2.10. The van der Waals surface area contributed by atoms with Gasteiger partial charge in [-0.25, -0.2) is 0 Å². The zero-order chi connectivity index (χ0) is 15.2. The summed E-state index contributed by atoms with van der Waals surface area (Å²) in [6, 6.07) is -0.141. The maximum absolute atomic E-state index is 11.6. The van der Waals surface area contributed by atoms with Crippen LogP contribution in [0.3, 0.4) is 0 Å². The largest absolute Gasteiger partial charge is 0.465 e. The molecule has 0 aliphatic heterocycles. The van der Waals surface area contributed by atoms with Crippen LogP contribution in [0.1, 0.15) is 85.5 Å². The molecule has 0 aromatic rings. The second-order valence-electron chi connectivity index (χ2n) is 5.99. The third kappa shape index (κ3) is 14.1. The van der Waals surface area contributed by atoms with Crippen molar-refractivity contribution < 1.29 is 9.53 Å². The molecule has 0 fully saturated rings. The highest BCUT2D eigenvalue weighted by atomic mass is 16.5. The molecule has 1 atom stereocenters. The van der Waals surface area contributed by atoms with E-state index in [1.807, 2.05) is 25.9 Å². The number of unbranched alkanes of at least 4 members (excludes halogenated alkanes) is 9. The first kappa shape index (κ1) is 22.7. The van der Waals surface area contributed by atoms with Crippen LogP contribution < -0.4 is 0 Å². The molecule has 0 saturated heterocycles. The van der Waals surface area contributed by atoms with E-state index >= 15 is 0 Å². The third-order valence-corrected chi connectivity index (χ3v) is 3.86. The fourth-order valence-electron chi connectivity index (χ4n) is 2.09. The number of likely N-dealkylation sites (N-methyl/N-ethyl adjacent to an activating group) is 1. The molecule has 128 valence electrons. The molecule has 0 spiro atoms. The van der Waals surface area contributed by atoms with Crippen LogP contribution in [0.5, 0.6) is 0 Å². The summed E-state index contributed by atoms with van der Waals surface area (Å²) in [4.78, 5) is 13.5. The van der Waals surface area contributed by atoms with Crippen LogP contribution in [-0.4, -0.2) is 37.6 Å². The maximum atomic E-state index is 11.6. The lowest BCUT2D eigenvalue weighted by Gasteiger charge is -2.17. The summed E-state index contributed by atoms with van der Waals surface area (Å²) < 4.78 is 5.26. The van der Waals surface area contributed by atoms with Gasteiger partial charge in [-0.1, -0.05) is 72.1 Å². The van der Waals surface area contributed by atoms with Gasteiger partial charge in [-0.2, -0.15) is 0 Å². The van der Waals surface area contributed by atoms with Crippen molar-refractivity contribution in [2.45, 2.75) is 91.5 Å². The quantitative estimate of drug-likeness (QED) is 0.353. The lowest BCUT2D eigenvalue weighted by atomic mass is 10.1. The van der Waals surface area contributed by atoms with Crippen LogP contribution in [0.2, 0.25) is 0 Å². The Labute approximate surface area is 133 Å². The number of nitrogens with zero attached hydrogens (tertiary/aromatic N) is 1. The van der Waals surface area contributed by atoms with Gasteiger partial charge in [-0.05, 0) is 27.4 Å². The summed E-state index contributed by atoms with van der Waals surface area (Å²) in [5, 5.41) is 0. The first-order valence-corrected chi connectivity index (χ1v) is 8.42. The molecule has 0 radical (unpaired) electrons. The Morgan fingerprint density at radius 3 is 1.76 bits per heavy atom. The van der Waals surface area contributed by atoms with Gasteiger partial charge in [0, 0.05) is 0 Å². The van der Waals surface area contributed by atoms with Crippen LogP contribution in [0, 0.1) is 0 Å². The van der Waals surface area contributed by atoms with Crippen LogP contribution in [-0.2, 0) is 9.53 Å². The summed E-state index contributed by atoms with van der Waals surface area (Å²) in [5.74, 6) is -0.106. The topological polar surface area (TPSA) is 29.5 Å². The summed E-state index contributed by atoms with van der Waals surface area (Å²) >= 11 is 0. The first-order valence-electron chi connectivity index (χ1n) is 8.42. The number of hydrogen-bond donors (Lipinski definition) is 0. The Bertz CT molecular complexity index is 229. The highest BCUT2D eigenvalue weighted by molar-refractivity contribution is 5.75. The summed E-state index contributed by atoms with van der Waals surface area (Å²) in [7, 11) is 3.79. The van der Waals surface area contributed by atoms with Crippen LogP contribution in [0.15, 0.2) is 0 Å². The van der Waals surface area contributed by atoms with Gasteiger partial charge in [0.25, 0.3) is 0 Å². The van der Waals surface area contributed by atoms with E-state index in [4.69, 9.17) is 4.74 Å². The minimum absolute atomic E-state index is 0. The standard InChI is InChI=1S/C17H35NO2.CH4/c1-5-6-7-8-9-10-11-12-13-14-15-20-17(19)16(2)18(3)4;/h16H,5-15H2,1-4H3;1H4. The zero-order valence-electron chi connectivity index (χ0n) is 14.1. The number of rotatable bonds is 13. The Hall–Kier alpha value is -0.570. The molecule has 21 heavy (non-hydrogen) atoms. The van der Waals surface area contributed by atoms with Crippen molar-refractivity contribution in [3.8, 4) is 0 Å². The second kappa shape index (κ2) is 15.8. The molecule has 0 aliphatic rings. The molecular weight excluding hydrogens is 262 g/mol. The van der Waals surface area contributed by atoms with E-state index in [0.29, 0.717) is 6.61 Å². The van der Waals surface area contributed by atoms with E-state index in [9.17, 15) is 4.79 Å². The van der Waals surface area contributed by atoms with Gasteiger partial charge in [0.2, 0.25) is 0 Å². The highest BCUT2D eigenvalue weighted by Gasteiger charge is 2.15. The maximum Gasteiger partial charge on any atom is 0.323 e. The van der Waals surface area contributed by atoms with E-state index in [1.54, 1.807) is 0 Å². The fraction of sp³-hybridized carbons (Fsp3) is 0.944. The molecule has 3 heteroatoms. The fourth-order valence-corrected chi connectivity index (χ4v) is 2.09. The van der Waals surface area contributed by atoms with Gasteiger partial charge in [-0.15, -0.1) is 0 Å². The Morgan fingerprint density at radius 1 is 0.905 bits per heavy atom. The Morgan fingerprint density at radius 2 is 1.33 bits per heavy atom. The van der Waals surface area contributed by atoms with Gasteiger partial charge in [0.1, 0.15) is 6.04 Å². The van der Waals surface area contributed by atoms with E-state index in [1.165, 1.54) is 57.8 Å². The summed E-state index contributed by atoms with van der Waals surface area (Å²) in [6.07, 6.45) is 13.0. The minimum atomic E-state index is -0.141. The van der Waals surface area contributed by atoms with Gasteiger partial charge in [0.05, 0.1) is 6.61 Å². The monoisotopic (exact) mass is 301 g/mol. The van der Waals surface area contributed by atoms with Gasteiger partial charge in [-0.3, -0.25) is 9.69 Å². The molecule has 3 nitrogen and oxygen atoms in total. The summed E-state index contributed by atoms with van der Waals surface area (Å²) in [6.45, 7) is 4.71. The average molecular weight is 302 g/mol. The molecule has 0 saturated carbocycles. The van der Waals surface area contributed by atoms with Crippen LogP contribution in [0.4, 0.5) is 0 Å². The van der Waals surface area contributed by atoms with E-state index in [0.717, 1.165) is 6.42 Å². The van der Waals surface area contributed by atoms with Gasteiger partial charge < -0.3 is 4.74 Å². The van der Waals surface area contributed by atoms with Gasteiger partial charge in [0.15, 0.2) is 0 Å². The molecule has 0 aromatic heterocycles. The van der Waals surface area contributed by atoms with Crippen molar-refractivity contribution in [1.82, 2.24) is 4.90 Å².